The van der Waals surface area contributed by atoms with Crippen LogP contribution in [0, 0.1) is 16.0 Å². The van der Waals surface area contributed by atoms with Crippen LogP contribution in [-0.4, -0.2) is 40.5 Å². The summed E-state index contributed by atoms with van der Waals surface area (Å²) in [4.78, 5) is 24.2. The molecule has 1 atom stereocenters. The molecule has 1 aromatic rings. The summed E-state index contributed by atoms with van der Waals surface area (Å²) in [6.45, 7) is 1.15. The van der Waals surface area contributed by atoms with E-state index in [0.29, 0.717) is 13.1 Å². The van der Waals surface area contributed by atoms with Crippen molar-refractivity contribution < 1.29 is 14.8 Å². The van der Waals surface area contributed by atoms with Crippen molar-refractivity contribution in [2.45, 2.75) is 12.8 Å². The van der Waals surface area contributed by atoms with Crippen molar-refractivity contribution in [3.63, 3.8) is 0 Å². The van der Waals surface area contributed by atoms with E-state index in [4.69, 9.17) is 16.7 Å². The molecule has 1 amide bonds. The second-order valence-corrected chi connectivity index (χ2v) is 6.12. The Hall–Kier alpha value is -1.18. The third-order valence-electron chi connectivity index (χ3n) is 3.14. The van der Waals surface area contributed by atoms with E-state index in [2.05, 4.69) is 0 Å². The number of likely N-dealkylation sites (tertiary alicyclic amines) is 1. The van der Waals surface area contributed by atoms with Gasteiger partial charge in [-0.05, 0) is 18.8 Å². The minimum absolute atomic E-state index is 0.0177. The number of piperidine rings is 1. The molecule has 1 unspecified atom stereocenters. The maximum absolute atomic E-state index is 12.2. The Morgan fingerprint density at radius 3 is 3.00 bits per heavy atom. The molecular formula is C11H13ClN2O4S. The minimum Gasteiger partial charge on any atom is -0.396 e. The Balaban J connectivity index is 2.15. The van der Waals surface area contributed by atoms with Crippen LogP contribution in [0.5, 0.6) is 0 Å². The number of carbonyl (C=O) groups is 1. The number of halogens is 1. The van der Waals surface area contributed by atoms with Gasteiger partial charge < -0.3 is 10.0 Å². The van der Waals surface area contributed by atoms with Crippen LogP contribution in [0.2, 0.25) is 4.34 Å². The maximum atomic E-state index is 12.2. The molecule has 0 spiro atoms. The van der Waals surface area contributed by atoms with Gasteiger partial charge in [-0.3, -0.25) is 14.9 Å². The van der Waals surface area contributed by atoms with E-state index in [9.17, 15) is 14.9 Å². The van der Waals surface area contributed by atoms with Crippen LogP contribution in [0.25, 0.3) is 0 Å². The first-order valence-corrected chi connectivity index (χ1v) is 7.06. The first kappa shape index (κ1) is 14.2. The van der Waals surface area contributed by atoms with Crippen LogP contribution in [0.4, 0.5) is 5.69 Å². The summed E-state index contributed by atoms with van der Waals surface area (Å²) in [5, 5.41) is 19.8. The Labute approximate surface area is 118 Å². The molecule has 6 nitrogen and oxygen atoms in total. The van der Waals surface area contributed by atoms with Crippen molar-refractivity contribution in [1.82, 2.24) is 4.90 Å². The van der Waals surface area contributed by atoms with Crippen molar-refractivity contribution in [3.05, 3.63) is 25.4 Å². The maximum Gasteiger partial charge on any atom is 0.299 e. The largest absolute Gasteiger partial charge is 0.396 e. The lowest BCUT2D eigenvalue weighted by Crippen LogP contribution is -2.40. The molecule has 0 bridgehead atoms. The summed E-state index contributed by atoms with van der Waals surface area (Å²) < 4.78 is 0.0177. The predicted octanol–water partition coefficient (Wildman–Crippen LogP) is 2.15. The molecule has 0 aromatic carbocycles. The number of amides is 1. The van der Waals surface area contributed by atoms with Crippen molar-refractivity contribution in [3.8, 4) is 0 Å². The standard InChI is InChI=1S/C11H13ClN2O4S/c12-10-8(14(17)18)4-9(19-10)11(16)13-3-1-2-7(5-13)6-15/h4,7,15H,1-3,5-6H2. The molecule has 0 aliphatic carbocycles. The number of aliphatic hydroxyl groups is 1. The van der Waals surface area contributed by atoms with Gasteiger partial charge in [-0.1, -0.05) is 11.6 Å². The average Bonchev–Trinajstić information content (AvgIpc) is 2.80. The molecular weight excluding hydrogens is 292 g/mol. The Morgan fingerprint density at radius 1 is 1.68 bits per heavy atom. The lowest BCUT2D eigenvalue weighted by Gasteiger charge is -2.31. The van der Waals surface area contributed by atoms with Gasteiger partial charge in [-0.25, -0.2) is 0 Å². The molecule has 1 saturated heterocycles. The molecule has 1 aliphatic heterocycles. The van der Waals surface area contributed by atoms with Gasteiger partial charge >= 0.3 is 0 Å². The molecule has 1 N–H and O–H groups in total. The first-order chi connectivity index (χ1) is 9.02. The van der Waals surface area contributed by atoms with Gasteiger partial charge in [0.05, 0.1) is 4.92 Å². The van der Waals surface area contributed by atoms with E-state index >= 15 is 0 Å². The van der Waals surface area contributed by atoms with Crippen LogP contribution in [0.3, 0.4) is 0 Å². The van der Waals surface area contributed by atoms with Crippen molar-refractivity contribution in [2.75, 3.05) is 19.7 Å². The minimum atomic E-state index is -0.595. The Kier molecular flexibility index (Phi) is 4.38. The first-order valence-electron chi connectivity index (χ1n) is 5.86. The van der Waals surface area contributed by atoms with E-state index < -0.39 is 4.92 Å². The summed E-state index contributed by atoms with van der Waals surface area (Å²) in [6.07, 6.45) is 1.73. The van der Waals surface area contributed by atoms with Crippen LogP contribution in [0.1, 0.15) is 22.5 Å². The van der Waals surface area contributed by atoms with E-state index in [1.54, 1.807) is 4.90 Å². The fourth-order valence-electron chi connectivity index (χ4n) is 2.14. The third kappa shape index (κ3) is 3.05. The van der Waals surface area contributed by atoms with Crippen LogP contribution < -0.4 is 0 Å². The summed E-state index contributed by atoms with van der Waals surface area (Å²) in [5.74, 6) is -0.165. The molecule has 2 rings (SSSR count). The fraction of sp³-hybridized carbons (Fsp3) is 0.545. The number of nitrogens with zero attached hydrogens (tertiary/aromatic N) is 2. The van der Waals surface area contributed by atoms with Crippen molar-refractivity contribution in [2.24, 2.45) is 5.92 Å². The normalized spacial score (nSPS) is 19.5. The second-order valence-electron chi connectivity index (χ2n) is 4.47. The van der Waals surface area contributed by atoms with Crippen molar-refractivity contribution >= 4 is 34.5 Å². The van der Waals surface area contributed by atoms with Crippen molar-refractivity contribution in [1.29, 1.82) is 0 Å². The zero-order valence-electron chi connectivity index (χ0n) is 10.0. The summed E-state index contributed by atoms with van der Waals surface area (Å²) in [6, 6.07) is 1.22. The van der Waals surface area contributed by atoms with Gasteiger partial charge in [0.2, 0.25) is 0 Å². The van der Waals surface area contributed by atoms with E-state index in [1.807, 2.05) is 0 Å². The lowest BCUT2D eigenvalue weighted by atomic mass is 9.99. The van der Waals surface area contributed by atoms with E-state index in [1.165, 1.54) is 6.07 Å². The van der Waals surface area contributed by atoms with Gasteiger partial charge in [-0.2, -0.15) is 0 Å². The number of hydrogen-bond donors (Lipinski definition) is 1. The Bertz CT molecular complexity index is 505. The number of nitro groups is 1. The number of rotatable bonds is 3. The van der Waals surface area contributed by atoms with Crippen LogP contribution >= 0.6 is 22.9 Å². The number of thiophene rings is 1. The molecule has 19 heavy (non-hydrogen) atoms. The zero-order valence-corrected chi connectivity index (χ0v) is 11.6. The smallest absolute Gasteiger partial charge is 0.299 e. The molecule has 1 aromatic heterocycles. The van der Waals surface area contributed by atoms with Gasteiger partial charge in [0.1, 0.15) is 4.88 Å². The highest BCUT2D eigenvalue weighted by atomic mass is 35.5. The fourth-order valence-corrected chi connectivity index (χ4v) is 3.33. The molecule has 104 valence electrons. The summed E-state index contributed by atoms with van der Waals surface area (Å²) >= 11 is 6.67. The quantitative estimate of drug-likeness (QED) is 0.685. The predicted molar refractivity (Wildman–Crippen MR) is 71.7 cm³/mol. The van der Waals surface area contributed by atoms with E-state index in [-0.39, 0.29) is 33.3 Å². The highest BCUT2D eigenvalue weighted by Crippen LogP contribution is 2.34. The lowest BCUT2D eigenvalue weighted by molar-refractivity contribution is -0.384. The monoisotopic (exact) mass is 304 g/mol. The summed E-state index contributed by atoms with van der Waals surface area (Å²) in [7, 11) is 0. The number of aliphatic hydroxyl groups excluding tert-OH is 1. The molecule has 0 radical (unpaired) electrons. The van der Waals surface area contributed by atoms with Crippen LogP contribution in [-0.2, 0) is 0 Å². The van der Waals surface area contributed by atoms with Gasteiger partial charge in [-0.15, -0.1) is 11.3 Å². The number of hydrogen-bond acceptors (Lipinski definition) is 5. The molecule has 1 fully saturated rings. The highest BCUT2D eigenvalue weighted by molar-refractivity contribution is 7.18. The third-order valence-corrected chi connectivity index (χ3v) is 4.47. The van der Waals surface area contributed by atoms with E-state index in [0.717, 1.165) is 24.2 Å². The van der Waals surface area contributed by atoms with Gasteiger partial charge in [0.15, 0.2) is 4.34 Å². The molecule has 1 aliphatic rings. The molecule has 8 heteroatoms. The summed E-state index contributed by atoms with van der Waals surface area (Å²) in [5.41, 5.74) is -0.231. The zero-order chi connectivity index (χ0) is 14.0. The highest BCUT2D eigenvalue weighted by Gasteiger charge is 2.28. The van der Waals surface area contributed by atoms with Crippen LogP contribution in [0.15, 0.2) is 6.07 Å². The SMILES string of the molecule is O=C(c1cc([N+](=O)[O-])c(Cl)s1)N1CCCC(CO)C1. The topological polar surface area (TPSA) is 83.7 Å². The van der Waals surface area contributed by atoms with Gasteiger partial charge in [0, 0.05) is 25.8 Å². The molecule has 2 heterocycles. The Morgan fingerprint density at radius 2 is 2.42 bits per heavy atom. The average molecular weight is 305 g/mol. The molecule has 0 saturated carbocycles. The van der Waals surface area contributed by atoms with Gasteiger partial charge in [0.25, 0.3) is 11.6 Å². The number of carbonyl (C=O) groups excluding carboxylic acids is 1. The second kappa shape index (κ2) is 5.85.